The van der Waals surface area contributed by atoms with Gasteiger partial charge in [-0.25, -0.2) is 0 Å². The van der Waals surface area contributed by atoms with Crippen molar-refractivity contribution in [1.82, 2.24) is 0 Å². The van der Waals surface area contributed by atoms with Gasteiger partial charge >= 0.3 is 0 Å². The van der Waals surface area contributed by atoms with Crippen LogP contribution in [0.2, 0.25) is 0 Å². The molecule has 1 aliphatic heterocycles. The number of carbonyl (C=O) groups excluding carboxylic acids is 1. The molecule has 19 heavy (non-hydrogen) atoms. The lowest BCUT2D eigenvalue weighted by atomic mass is 10.3. The SMILES string of the molecule is CCSC(=O)c1ccc(-c2scc3c2OCCO3)s1. The molecule has 3 nitrogen and oxygen atoms in total. The number of hydrogen-bond donors (Lipinski definition) is 0. The molecule has 0 atom stereocenters. The van der Waals surface area contributed by atoms with Gasteiger partial charge in [0.15, 0.2) is 11.5 Å². The minimum absolute atomic E-state index is 0.140. The van der Waals surface area contributed by atoms with Crippen LogP contribution in [0.3, 0.4) is 0 Å². The van der Waals surface area contributed by atoms with Crippen LogP contribution in [0.15, 0.2) is 17.5 Å². The van der Waals surface area contributed by atoms with Crippen LogP contribution in [0.1, 0.15) is 16.6 Å². The summed E-state index contributed by atoms with van der Waals surface area (Å²) >= 11 is 4.46. The molecule has 0 radical (unpaired) electrons. The van der Waals surface area contributed by atoms with Gasteiger partial charge in [0.05, 0.1) is 9.75 Å². The van der Waals surface area contributed by atoms with E-state index in [9.17, 15) is 4.79 Å². The summed E-state index contributed by atoms with van der Waals surface area (Å²) in [5.41, 5.74) is 0. The number of thioether (sulfide) groups is 1. The average molecular weight is 312 g/mol. The highest BCUT2D eigenvalue weighted by molar-refractivity contribution is 8.14. The quantitative estimate of drug-likeness (QED) is 0.853. The van der Waals surface area contributed by atoms with E-state index in [1.54, 1.807) is 11.3 Å². The molecular weight excluding hydrogens is 300 g/mol. The molecule has 0 amide bonds. The van der Waals surface area contributed by atoms with Gasteiger partial charge < -0.3 is 9.47 Å². The first kappa shape index (κ1) is 13.0. The molecule has 100 valence electrons. The molecule has 6 heteroatoms. The lowest BCUT2D eigenvalue weighted by molar-refractivity contribution is 0.109. The van der Waals surface area contributed by atoms with E-state index in [-0.39, 0.29) is 5.12 Å². The Labute approximate surface area is 123 Å². The molecule has 0 aliphatic carbocycles. The van der Waals surface area contributed by atoms with Crippen LogP contribution in [0.4, 0.5) is 0 Å². The maximum Gasteiger partial charge on any atom is 0.229 e. The molecule has 3 rings (SSSR count). The van der Waals surface area contributed by atoms with Crippen LogP contribution in [-0.4, -0.2) is 24.1 Å². The van der Waals surface area contributed by atoms with Gasteiger partial charge in [0.2, 0.25) is 5.12 Å². The number of ether oxygens (including phenoxy) is 2. The van der Waals surface area contributed by atoms with Crippen molar-refractivity contribution in [3.63, 3.8) is 0 Å². The highest BCUT2D eigenvalue weighted by Crippen LogP contribution is 2.47. The van der Waals surface area contributed by atoms with Gasteiger partial charge in [-0.2, -0.15) is 0 Å². The zero-order valence-corrected chi connectivity index (χ0v) is 12.8. The van der Waals surface area contributed by atoms with Crippen molar-refractivity contribution >= 4 is 39.6 Å². The molecule has 2 aromatic heterocycles. The summed E-state index contributed by atoms with van der Waals surface area (Å²) in [5.74, 6) is 2.44. The number of rotatable bonds is 3. The van der Waals surface area contributed by atoms with Gasteiger partial charge in [0, 0.05) is 10.3 Å². The predicted molar refractivity (Wildman–Crippen MR) is 81.1 cm³/mol. The maximum atomic E-state index is 11.8. The van der Waals surface area contributed by atoms with Gasteiger partial charge in [-0.1, -0.05) is 18.7 Å². The largest absolute Gasteiger partial charge is 0.485 e. The van der Waals surface area contributed by atoms with E-state index in [4.69, 9.17) is 9.47 Å². The first-order valence-electron chi connectivity index (χ1n) is 5.94. The second-order valence-corrected chi connectivity index (χ2v) is 7.04. The Kier molecular flexibility index (Phi) is 3.81. The van der Waals surface area contributed by atoms with Gasteiger partial charge in [-0.3, -0.25) is 4.79 Å². The van der Waals surface area contributed by atoms with Crippen molar-refractivity contribution < 1.29 is 14.3 Å². The van der Waals surface area contributed by atoms with Gasteiger partial charge in [0.1, 0.15) is 13.2 Å². The summed E-state index contributed by atoms with van der Waals surface area (Å²) in [6, 6.07) is 3.87. The van der Waals surface area contributed by atoms with E-state index in [0.29, 0.717) is 13.2 Å². The number of thiophene rings is 2. The molecule has 0 fully saturated rings. The van der Waals surface area contributed by atoms with Gasteiger partial charge in [-0.15, -0.1) is 22.7 Å². The van der Waals surface area contributed by atoms with Crippen LogP contribution in [-0.2, 0) is 0 Å². The fraction of sp³-hybridized carbons (Fsp3) is 0.308. The third-order valence-electron chi connectivity index (χ3n) is 2.61. The summed E-state index contributed by atoms with van der Waals surface area (Å²) in [5, 5.41) is 2.10. The smallest absolute Gasteiger partial charge is 0.229 e. The molecule has 0 bridgehead atoms. The van der Waals surface area contributed by atoms with Crippen molar-refractivity contribution in [2.45, 2.75) is 6.92 Å². The Morgan fingerprint density at radius 2 is 2.21 bits per heavy atom. The minimum Gasteiger partial charge on any atom is -0.485 e. The lowest BCUT2D eigenvalue weighted by Gasteiger charge is -2.15. The molecule has 0 saturated heterocycles. The molecule has 0 unspecified atom stereocenters. The predicted octanol–water partition coefficient (Wildman–Crippen LogP) is 4.14. The second-order valence-electron chi connectivity index (χ2n) is 3.84. The monoisotopic (exact) mass is 312 g/mol. The Morgan fingerprint density at radius 1 is 1.37 bits per heavy atom. The molecule has 0 N–H and O–H groups in total. The van der Waals surface area contributed by atoms with E-state index in [1.807, 2.05) is 24.4 Å². The van der Waals surface area contributed by atoms with E-state index in [0.717, 1.165) is 31.9 Å². The van der Waals surface area contributed by atoms with E-state index in [1.165, 1.54) is 23.1 Å². The topological polar surface area (TPSA) is 35.5 Å². The molecule has 0 aromatic carbocycles. The van der Waals surface area contributed by atoms with Crippen LogP contribution < -0.4 is 9.47 Å². The molecule has 1 aliphatic rings. The standard InChI is InChI=1S/C13H12O3S3/c1-2-17-13(14)10-4-3-9(19-10)12-11-8(7-18-12)15-5-6-16-11/h3-4,7H,2,5-6H2,1H3. The second kappa shape index (κ2) is 5.56. The minimum atomic E-state index is 0.140. The molecule has 2 aromatic rings. The van der Waals surface area contributed by atoms with E-state index < -0.39 is 0 Å². The van der Waals surface area contributed by atoms with Crippen LogP contribution in [0.5, 0.6) is 11.5 Å². The molecule has 0 saturated carbocycles. The zero-order chi connectivity index (χ0) is 13.2. The van der Waals surface area contributed by atoms with E-state index in [2.05, 4.69) is 0 Å². The van der Waals surface area contributed by atoms with Crippen LogP contribution in [0.25, 0.3) is 9.75 Å². The number of hydrogen-bond acceptors (Lipinski definition) is 6. The first-order chi connectivity index (χ1) is 9.29. The van der Waals surface area contributed by atoms with Crippen LogP contribution >= 0.6 is 34.4 Å². The number of fused-ring (bicyclic) bond motifs is 1. The van der Waals surface area contributed by atoms with Crippen molar-refractivity contribution in [2.75, 3.05) is 19.0 Å². The molecular formula is C13H12O3S3. The van der Waals surface area contributed by atoms with Gasteiger partial charge in [-0.05, 0) is 17.9 Å². The van der Waals surface area contributed by atoms with E-state index >= 15 is 0 Å². The Balaban J connectivity index is 1.90. The average Bonchev–Trinajstić information content (AvgIpc) is 3.05. The maximum absolute atomic E-state index is 11.8. The van der Waals surface area contributed by atoms with Crippen molar-refractivity contribution in [3.8, 4) is 21.3 Å². The first-order valence-corrected chi connectivity index (χ1v) is 8.62. The summed E-state index contributed by atoms with van der Waals surface area (Å²) in [6.45, 7) is 3.17. The fourth-order valence-electron chi connectivity index (χ4n) is 1.80. The summed E-state index contributed by atoms with van der Waals surface area (Å²) in [7, 11) is 0. The summed E-state index contributed by atoms with van der Waals surface area (Å²) in [6.07, 6.45) is 0. The van der Waals surface area contributed by atoms with Crippen molar-refractivity contribution in [2.24, 2.45) is 0 Å². The Bertz CT molecular complexity index is 600. The van der Waals surface area contributed by atoms with Gasteiger partial charge in [0.25, 0.3) is 0 Å². The Hall–Kier alpha value is -0.980. The third kappa shape index (κ3) is 2.52. The zero-order valence-electron chi connectivity index (χ0n) is 10.3. The Morgan fingerprint density at radius 3 is 3.05 bits per heavy atom. The lowest BCUT2D eigenvalue weighted by Crippen LogP contribution is -2.14. The third-order valence-corrected chi connectivity index (χ3v) is 5.71. The van der Waals surface area contributed by atoms with Crippen molar-refractivity contribution in [3.05, 3.63) is 22.4 Å². The molecule has 3 heterocycles. The van der Waals surface area contributed by atoms with Crippen LogP contribution in [0, 0.1) is 0 Å². The van der Waals surface area contributed by atoms with Crippen molar-refractivity contribution in [1.29, 1.82) is 0 Å². The normalized spacial score (nSPS) is 13.5. The highest BCUT2D eigenvalue weighted by Gasteiger charge is 2.21. The number of carbonyl (C=O) groups is 1. The summed E-state index contributed by atoms with van der Waals surface area (Å²) < 4.78 is 11.2. The fourth-order valence-corrected chi connectivity index (χ4v) is 4.48. The summed E-state index contributed by atoms with van der Waals surface area (Å²) in [4.78, 5) is 14.8. The molecule has 0 spiro atoms. The highest BCUT2D eigenvalue weighted by atomic mass is 32.2.